The van der Waals surface area contributed by atoms with Crippen molar-refractivity contribution in [2.45, 2.75) is 25.2 Å². The summed E-state index contributed by atoms with van der Waals surface area (Å²) in [5, 5.41) is 11.9. The first-order valence-electron chi connectivity index (χ1n) is 5.05. The molecule has 0 saturated heterocycles. The quantitative estimate of drug-likeness (QED) is 0.879. The molecule has 0 amide bonds. The summed E-state index contributed by atoms with van der Waals surface area (Å²) in [6, 6.07) is 6.51. The molecule has 2 nitrogen and oxygen atoms in total. The summed E-state index contributed by atoms with van der Waals surface area (Å²) in [7, 11) is 0. The minimum absolute atomic E-state index is 0.360. The Kier molecular flexibility index (Phi) is 4.80. The van der Waals surface area contributed by atoms with Crippen molar-refractivity contribution in [1.29, 1.82) is 0 Å². The van der Waals surface area contributed by atoms with Gasteiger partial charge in [0.2, 0.25) is 0 Å². The fraction of sp³-hybridized carbons (Fsp3) is 0.455. The molecule has 1 rings (SSSR count). The highest BCUT2D eigenvalue weighted by molar-refractivity contribution is 6.31. The third kappa shape index (κ3) is 4.18. The van der Waals surface area contributed by atoms with Gasteiger partial charge in [-0.2, -0.15) is 13.2 Å². The van der Waals surface area contributed by atoms with Crippen LogP contribution in [0.5, 0.6) is 0 Å². The predicted octanol–water partition coefficient (Wildman–Crippen LogP) is 2.91. The van der Waals surface area contributed by atoms with Gasteiger partial charge >= 0.3 is 6.18 Å². The van der Waals surface area contributed by atoms with E-state index in [9.17, 15) is 13.2 Å². The van der Waals surface area contributed by atoms with Gasteiger partial charge in [0, 0.05) is 17.6 Å². The zero-order valence-corrected chi connectivity index (χ0v) is 9.89. The molecule has 0 aliphatic heterocycles. The van der Waals surface area contributed by atoms with E-state index in [0.717, 1.165) is 0 Å². The van der Waals surface area contributed by atoms with Crippen molar-refractivity contribution in [2.75, 3.05) is 6.54 Å². The average molecular weight is 268 g/mol. The monoisotopic (exact) mass is 267 g/mol. The molecule has 96 valence electrons. The van der Waals surface area contributed by atoms with Crippen molar-refractivity contribution in [2.24, 2.45) is 0 Å². The van der Waals surface area contributed by atoms with Gasteiger partial charge in [0.05, 0.1) is 0 Å². The fourth-order valence-electron chi connectivity index (χ4n) is 1.34. The van der Waals surface area contributed by atoms with Gasteiger partial charge in [0.25, 0.3) is 0 Å². The Labute approximate surface area is 102 Å². The number of rotatable bonds is 4. The summed E-state index contributed by atoms with van der Waals surface area (Å²) in [6.45, 7) is 1.13. The first-order chi connectivity index (χ1) is 7.82. The first-order valence-corrected chi connectivity index (χ1v) is 5.42. The number of alkyl halides is 3. The number of hydrogen-bond donors (Lipinski definition) is 2. The van der Waals surface area contributed by atoms with E-state index in [-0.39, 0.29) is 6.04 Å². The molecule has 2 N–H and O–H groups in total. The number of hydrogen-bond acceptors (Lipinski definition) is 2. The maximum atomic E-state index is 12.1. The SMILES string of the molecule is C[C@H](NCC(O)C(F)(F)F)c1ccccc1Cl. The summed E-state index contributed by atoms with van der Waals surface area (Å²) in [5.74, 6) is 0. The standard InChI is InChI=1S/C11H13ClF3NO/c1-7(8-4-2-3-5-9(8)12)16-6-10(17)11(13,14)15/h2-5,7,10,16-17H,6H2,1H3/t7-,10?/m0/s1. The summed E-state index contributed by atoms with van der Waals surface area (Å²) in [6.07, 6.45) is -6.97. The molecule has 0 heterocycles. The second-order valence-electron chi connectivity index (χ2n) is 3.71. The van der Waals surface area contributed by atoms with Gasteiger partial charge in [-0.1, -0.05) is 29.8 Å². The Hall–Kier alpha value is -0.780. The second-order valence-corrected chi connectivity index (χ2v) is 4.12. The van der Waals surface area contributed by atoms with E-state index < -0.39 is 18.8 Å². The molecular weight excluding hydrogens is 255 g/mol. The van der Waals surface area contributed by atoms with E-state index in [2.05, 4.69) is 5.32 Å². The van der Waals surface area contributed by atoms with Gasteiger partial charge in [-0.25, -0.2) is 0 Å². The lowest BCUT2D eigenvalue weighted by Gasteiger charge is -2.19. The summed E-state index contributed by atoms with van der Waals surface area (Å²) >= 11 is 5.90. The molecule has 1 aromatic rings. The van der Waals surface area contributed by atoms with Crippen LogP contribution in [0.4, 0.5) is 13.2 Å². The smallest absolute Gasteiger partial charge is 0.382 e. The number of nitrogens with one attached hydrogen (secondary N) is 1. The number of aliphatic hydroxyl groups is 1. The number of aliphatic hydroxyl groups excluding tert-OH is 1. The minimum atomic E-state index is -4.60. The van der Waals surface area contributed by atoms with E-state index in [1.807, 2.05) is 0 Å². The fourth-order valence-corrected chi connectivity index (χ4v) is 1.64. The van der Waals surface area contributed by atoms with Crippen LogP contribution >= 0.6 is 11.6 Å². The van der Waals surface area contributed by atoms with Crippen LogP contribution in [0, 0.1) is 0 Å². The van der Waals surface area contributed by atoms with Crippen molar-refractivity contribution < 1.29 is 18.3 Å². The number of benzene rings is 1. The van der Waals surface area contributed by atoms with Crippen molar-refractivity contribution in [1.82, 2.24) is 5.32 Å². The molecule has 0 saturated carbocycles. The third-order valence-corrected chi connectivity index (χ3v) is 2.71. The van der Waals surface area contributed by atoms with Crippen LogP contribution in [0.2, 0.25) is 5.02 Å². The van der Waals surface area contributed by atoms with Gasteiger partial charge in [0.1, 0.15) is 0 Å². The van der Waals surface area contributed by atoms with Crippen molar-refractivity contribution in [3.05, 3.63) is 34.9 Å². The highest BCUT2D eigenvalue weighted by atomic mass is 35.5. The van der Waals surface area contributed by atoms with Crippen LogP contribution < -0.4 is 5.32 Å². The normalized spacial score (nSPS) is 15.6. The van der Waals surface area contributed by atoms with E-state index in [1.165, 1.54) is 0 Å². The van der Waals surface area contributed by atoms with E-state index >= 15 is 0 Å². The Morgan fingerprint density at radius 2 is 1.94 bits per heavy atom. The molecule has 0 aromatic heterocycles. The molecule has 0 fully saturated rings. The molecule has 0 radical (unpaired) electrons. The lowest BCUT2D eigenvalue weighted by Crippen LogP contribution is -2.39. The van der Waals surface area contributed by atoms with Gasteiger partial charge in [0.15, 0.2) is 6.10 Å². The van der Waals surface area contributed by atoms with Crippen LogP contribution in [0.25, 0.3) is 0 Å². The zero-order chi connectivity index (χ0) is 13.1. The molecule has 1 aromatic carbocycles. The summed E-state index contributed by atoms with van der Waals surface area (Å²) in [5.41, 5.74) is 0.698. The van der Waals surface area contributed by atoms with Gasteiger partial charge in [-0.05, 0) is 18.6 Å². The minimum Gasteiger partial charge on any atom is -0.382 e. The Bertz CT molecular complexity index is 370. The highest BCUT2D eigenvalue weighted by Gasteiger charge is 2.37. The van der Waals surface area contributed by atoms with Gasteiger partial charge in [-0.3, -0.25) is 0 Å². The lowest BCUT2D eigenvalue weighted by atomic mass is 10.1. The van der Waals surface area contributed by atoms with Crippen molar-refractivity contribution in [3.8, 4) is 0 Å². The van der Waals surface area contributed by atoms with Crippen LogP contribution in [0.3, 0.4) is 0 Å². The van der Waals surface area contributed by atoms with E-state index in [4.69, 9.17) is 16.7 Å². The van der Waals surface area contributed by atoms with Crippen LogP contribution in [0.1, 0.15) is 18.5 Å². The molecular formula is C11H13ClF3NO. The first kappa shape index (κ1) is 14.3. The topological polar surface area (TPSA) is 32.3 Å². The largest absolute Gasteiger partial charge is 0.415 e. The Morgan fingerprint density at radius 1 is 1.35 bits per heavy atom. The third-order valence-electron chi connectivity index (χ3n) is 2.37. The van der Waals surface area contributed by atoms with Crippen LogP contribution in [-0.2, 0) is 0 Å². The van der Waals surface area contributed by atoms with Crippen molar-refractivity contribution in [3.63, 3.8) is 0 Å². The van der Waals surface area contributed by atoms with E-state index in [1.54, 1.807) is 31.2 Å². The molecule has 0 aliphatic rings. The molecule has 0 aliphatic carbocycles. The lowest BCUT2D eigenvalue weighted by molar-refractivity contribution is -0.202. The van der Waals surface area contributed by atoms with Gasteiger partial charge in [-0.15, -0.1) is 0 Å². The molecule has 17 heavy (non-hydrogen) atoms. The summed E-state index contributed by atoms with van der Waals surface area (Å²) < 4.78 is 36.2. The molecule has 0 bridgehead atoms. The maximum absolute atomic E-state index is 12.1. The zero-order valence-electron chi connectivity index (χ0n) is 9.13. The predicted molar refractivity (Wildman–Crippen MR) is 59.9 cm³/mol. The molecule has 1 unspecified atom stereocenters. The molecule has 6 heteroatoms. The molecule has 0 spiro atoms. The average Bonchev–Trinajstić information content (AvgIpc) is 2.24. The van der Waals surface area contributed by atoms with Crippen LogP contribution in [0.15, 0.2) is 24.3 Å². The summed E-state index contributed by atoms with van der Waals surface area (Å²) in [4.78, 5) is 0. The van der Waals surface area contributed by atoms with Crippen LogP contribution in [-0.4, -0.2) is 23.9 Å². The van der Waals surface area contributed by atoms with Crippen molar-refractivity contribution >= 4 is 11.6 Å². The number of halogens is 4. The Morgan fingerprint density at radius 3 is 2.47 bits per heavy atom. The maximum Gasteiger partial charge on any atom is 0.415 e. The Balaban J connectivity index is 2.57. The van der Waals surface area contributed by atoms with Gasteiger partial charge < -0.3 is 10.4 Å². The second kappa shape index (κ2) is 5.71. The van der Waals surface area contributed by atoms with E-state index in [0.29, 0.717) is 10.6 Å². The highest BCUT2D eigenvalue weighted by Crippen LogP contribution is 2.23. The molecule has 2 atom stereocenters.